The minimum atomic E-state index is -2.90. The predicted octanol–water partition coefficient (Wildman–Crippen LogP) is 3.77. The molecule has 5 nitrogen and oxygen atoms in total. The first-order chi connectivity index (χ1) is 12.5. The molecule has 7 heteroatoms. The minimum absolute atomic E-state index is 0.0252. The number of benzene rings is 2. The summed E-state index contributed by atoms with van der Waals surface area (Å²) in [6.45, 7) is 0.618. The minimum Gasteiger partial charge on any atom is -0.484 e. The number of halogens is 2. The first-order valence-corrected chi connectivity index (χ1v) is 8.08. The van der Waals surface area contributed by atoms with Gasteiger partial charge in [-0.05, 0) is 43.2 Å². The van der Waals surface area contributed by atoms with Crippen LogP contribution in [0.15, 0.2) is 53.6 Å². The molecule has 0 radical (unpaired) electrons. The third-order valence-electron chi connectivity index (χ3n) is 3.53. The normalized spacial score (nSPS) is 11.3. The first kappa shape index (κ1) is 19.4. The highest BCUT2D eigenvalue weighted by Gasteiger charge is 2.07. The van der Waals surface area contributed by atoms with Crippen LogP contribution in [0.25, 0.3) is 0 Å². The van der Waals surface area contributed by atoms with Gasteiger partial charge in [0.05, 0.1) is 5.71 Å². The van der Waals surface area contributed by atoms with Crippen LogP contribution in [-0.2, 0) is 11.2 Å². The number of ether oxygens (including phenoxy) is 2. The van der Waals surface area contributed by atoms with Gasteiger partial charge in [0.2, 0.25) is 0 Å². The van der Waals surface area contributed by atoms with E-state index < -0.39 is 12.5 Å². The van der Waals surface area contributed by atoms with Crippen LogP contribution in [0.4, 0.5) is 8.78 Å². The monoisotopic (exact) mass is 362 g/mol. The number of amides is 1. The Hall–Kier alpha value is -2.96. The van der Waals surface area contributed by atoms with Gasteiger partial charge in [-0.1, -0.05) is 31.2 Å². The quantitative estimate of drug-likeness (QED) is 0.574. The molecule has 26 heavy (non-hydrogen) atoms. The van der Waals surface area contributed by atoms with Gasteiger partial charge in [-0.15, -0.1) is 0 Å². The number of hydrazone groups is 1. The molecule has 0 aliphatic carbocycles. The van der Waals surface area contributed by atoms with E-state index in [2.05, 4.69) is 22.2 Å². The van der Waals surface area contributed by atoms with Crippen molar-refractivity contribution >= 4 is 11.6 Å². The highest BCUT2D eigenvalue weighted by Crippen LogP contribution is 2.16. The smallest absolute Gasteiger partial charge is 0.387 e. The van der Waals surface area contributed by atoms with Gasteiger partial charge in [0, 0.05) is 5.56 Å². The van der Waals surface area contributed by atoms with Crippen molar-refractivity contribution < 1.29 is 23.0 Å². The average Bonchev–Trinajstić information content (AvgIpc) is 2.64. The summed E-state index contributed by atoms with van der Waals surface area (Å²) >= 11 is 0. The standard InChI is InChI=1S/C19H20F2N2O3/c1-3-14-7-9-16(10-8-14)25-12-18(24)23-22-13(2)15-5-4-6-17(11-15)26-19(20)21/h4-11,19H,3,12H2,1-2H3,(H,23,24)/b22-13-. The zero-order valence-electron chi connectivity index (χ0n) is 14.5. The lowest BCUT2D eigenvalue weighted by molar-refractivity contribution is -0.123. The Balaban J connectivity index is 1.88. The summed E-state index contributed by atoms with van der Waals surface area (Å²) in [5, 5.41) is 3.95. The van der Waals surface area contributed by atoms with E-state index in [1.165, 1.54) is 17.7 Å². The van der Waals surface area contributed by atoms with E-state index in [9.17, 15) is 13.6 Å². The number of aryl methyl sites for hydroxylation is 1. The van der Waals surface area contributed by atoms with Crippen molar-refractivity contribution in [3.63, 3.8) is 0 Å². The van der Waals surface area contributed by atoms with Gasteiger partial charge in [0.15, 0.2) is 6.61 Å². The van der Waals surface area contributed by atoms with Crippen LogP contribution in [0.5, 0.6) is 11.5 Å². The number of carbonyl (C=O) groups excluding carboxylic acids is 1. The van der Waals surface area contributed by atoms with Crippen LogP contribution in [0.2, 0.25) is 0 Å². The molecule has 0 aliphatic heterocycles. The molecule has 0 saturated heterocycles. The van der Waals surface area contributed by atoms with Crippen molar-refractivity contribution in [2.75, 3.05) is 6.61 Å². The number of carbonyl (C=O) groups is 1. The maximum absolute atomic E-state index is 12.3. The van der Waals surface area contributed by atoms with E-state index in [0.29, 0.717) is 17.0 Å². The van der Waals surface area contributed by atoms with Gasteiger partial charge in [-0.25, -0.2) is 5.43 Å². The molecule has 0 fully saturated rings. The lowest BCUT2D eigenvalue weighted by Gasteiger charge is -2.08. The third-order valence-corrected chi connectivity index (χ3v) is 3.53. The van der Waals surface area contributed by atoms with E-state index in [1.54, 1.807) is 31.2 Å². The van der Waals surface area contributed by atoms with Crippen LogP contribution < -0.4 is 14.9 Å². The Morgan fingerprint density at radius 1 is 1.15 bits per heavy atom. The molecule has 138 valence electrons. The second kappa shape index (κ2) is 9.50. The van der Waals surface area contributed by atoms with Gasteiger partial charge in [-0.3, -0.25) is 4.79 Å². The Morgan fingerprint density at radius 3 is 2.54 bits per heavy atom. The van der Waals surface area contributed by atoms with E-state index in [-0.39, 0.29) is 12.4 Å². The Morgan fingerprint density at radius 2 is 1.88 bits per heavy atom. The summed E-state index contributed by atoms with van der Waals surface area (Å²) in [5.41, 5.74) is 4.55. The van der Waals surface area contributed by atoms with Crippen LogP contribution >= 0.6 is 0 Å². The molecule has 2 aromatic carbocycles. The number of hydrogen-bond donors (Lipinski definition) is 1. The largest absolute Gasteiger partial charge is 0.484 e. The van der Waals surface area contributed by atoms with Crippen LogP contribution in [-0.4, -0.2) is 24.8 Å². The fraction of sp³-hybridized carbons (Fsp3) is 0.263. The number of alkyl halides is 2. The van der Waals surface area contributed by atoms with Gasteiger partial charge in [-0.2, -0.15) is 13.9 Å². The van der Waals surface area contributed by atoms with Gasteiger partial charge < -0.3 is 9.47 Å². The van der Waals surface area contributed by atoms with E-state index in [1.807, 2.05) is 12.1 Å². The highest BCUT2D eigenvalue weighted by molar-refractivity contribution is 5.99. The molecule has 1 amide bonds. The molecular formula is C19H20F2N2O3. The molecule has 0 unspecified atom stereocenters. The molecule has 0 heterocycles. The fourth-order valence-corrected chi connectivity index (χ4v) is 2.11. The summed E-state index contributed by atoms with van der Waals surface area (Å²) in [7, 11) is 0. The SMILES string of the molecule is CCc1ccc(OCC(=O)N/N=C(/C)c2cccc(OC(F)F)c2)cc1. The van der Waals surface area contributed by atoms with Crippen molar-refractivity contribution in [2.24, 2.45) is 5.10 Å². The highest BCUT2D eigenvalue weighted by atomic mass is 19.3. The average molecular weight is 362 g/mol. The summed E-state index contributed by atoms with van der Waals surface area (Å²) in [6.07, 6.45) is 0.929. The number of hydrogen-bond acceptors (Lipinski definition) is 4. The lowest BCUT2D eigenvalue weighted by Crippen LogP contribution is -2.25. The third kappa shape index (κ3) is 6.16. The summed E-state index contributed by atoms with van der Waals surface area (Å²) in [4.78, 5) is 11.8. The first-order valence-electron chi connectivity index (χ1n) is 8.08. The van der Waals surface area contributed by atoms with Crippen molar-refractivity contribution in [1.82, 2.24) is 5.43 Å². The topological polar surface area (TPSA) is 59.9 Å². The molecule has 2 aromatic rings. The zero-order valence-corrected chi connectivity index (χ0v) is 14.5. The molecule has 0 atom stereocenters. The van der Waals surface area contributed by atoms with E-state index >= 15 is 0 Å². The summed E-state index contributed by atoms with van der Waals surface area (Å²) in [6, 6.07) is 13.5. The Bertz CT molecular complexity index is 762. The predicted molar refractivity (Wildman–Crippen MR) is 94.7 cm³/mol. The maximum Gasteiger partial charge on any atom is 0.387 e. The van der Waals surface area contributed by atoms with Crippen molar-refractivity contribution in [3.05, 3.63) is 59.7 Å². The number of rotatable bonds is 8. The number of nitrogens with one attached hydrogen (secondary N) is 1. The summed E-state index contributed by atoms with van der Waals surface area (Å²) < 4.78 is 34.2. The van der Waals surface area contributed by atoms with Crippen LogP contribution in [0.3, 0.4) is 0 Å². The fourth-order valence-electron chi connectivity index (χ4n) is 2.11. The molecular weight excluding hydrogens is 342 g/mol. The van der Waals surface area contributed by atoms with Crippen molar-refractivity contribution in [2.45, 2.75) is 26.9 Å². The van der Waals surface area contributed by atoms with E-state index in [4.69, 9.17) is 4.74 Å². The van der Waals surface area contributed by atoms with Gasteiger partial charge in [0.1, 0.15) is 11.5 Å². The molecule has 0 aromatic heterocycles. The Kier molecular flexibility index (Phi) is 7.08. The van der Waals surface area contributed by atoms with Gasteiger partial charge >= 0.3 is 6.61 Å². The summed E-state index contributed by atoms with van der Waals surface area (Å²) in [5.74, 6) is 0.191. The molecule has 0 bridgehead atoms. The molecule has 0 aliphatic rings. The van der Waals surface area contributed by atoms with Crippen molar-refractivity contribution in [3.8, 4) is 11.5 Å². The second-order valence-electron chi connectivity index (χ2n) is 5.42. The molecule has 1 N–H and O–H groups in total. The second-order valence-corrected chi connectivity index (χ2v) is 5.42. The van der Waals surface area contributed by atoms with Crippen LogP contribution in [0, 0.1) is 0 Å². The van der Waals surface area contributed by atoms with Gasteiger partial charge in [0.25, 0.3) is 5.91 Å². The maximum atomic E-state index is 12.3. The molecule has 2 rings (SSSR count). The van der Waals surface area contributed by atoms with Crippen molar-refractivity contribution in [1.29, 1.82) is 0 Å². The molecule has 0 spiro atoms. The van der Waals surface area contributed by atoms with E-state index in [0.717, 1.165) is 6.42 Å². The zero-order chi connectivity index (χ0) is 18.9. The molecule has 0 saturated carbocycles. The Labute approximate surface area is 150 Å². The van der Waals surface area contributed by atoms with Crippen LogP contribution in [0.1, 0.15) is 25.0 Å². The lowest BCUT2D eigenvalue weighted by atomic mass is 10.1. The number of nitrogens with zero attached hydrogens (tertiary/aromatic N) is 1.